The zero-order valence-corrected chi connectivity index (χ0v) is 15.8. The zero-order chi connectivity index (χ0) is 20.1. The van der Waals surface area contributed by atoms with E-state index in [0.29, 0.717) is 24.6 Å². The summed E-state index contributed by atoms with van der Waals surface area (Å²) in [4.78, 5) is 25.8. The second-order valence-corrected chi connectivity index (χ2v) is 7.28. The smallest absolute Gasteiger partial charge is 0.534 e. The normalized spacial score (nSPS) is 20.4. The minimum atomic E-state index is -1.29. The summed E-state index contributed by atoms with van der Waals surface area (Å²) < 4.78 is 5.41. The summed E-state index contributed by atoms with van der Waals surface area (Å²) >= 11 is 0. The number of carboxylic acids is 1. The van der Waals surface area contributed by atoms with Crippen LogP contribution in [0.15, 0.2) is 18.2 Å². The molecule has 0 spiro atoms. The van der Waals surface area contributed by atoms with Gasteiger partial charge < -0.3 is 31.2 Å². The van der Waals surface area contributed by atoms with Gasteiger partial charge in [-0.15, -0.1) is 0 Å². The molecule has 0 radical (unpaired) electrons. The van der Waals surface area contributed by atoms with Gasteiger partial charge in [0.2, 0.25) is 5.91 Å². The number of rotatable bonds is 7. The monoisotopic (exact) mass is 390 g/mol. The molecule has 10 heteroatoms. The molecule has 0 bridgehead atoms. The summed E-state index contributed by atoms with van der Waals surface area (Å²) in [6, 6.07) is 5.24. The van der Waals surface area contributed by atoms with E-state index in [1.807, 2.05) is 0 Å². The van der Waals surface area contributed by atoms with Gasteiger partial charge in [-0.1, -0.05) is 12.1 Å². The number of nitrogens with one attached hydrogen (secondary N) is 2. The Hall–Kier alpha value is -2.14. The number of hydrogen-bond acceptors (Lipinski definition) is 7. The van der Waals surface area contributed by atoms with E-state index in [2.05, 4.69) is 15.5 Å². The lowest BCUT2D eigenvalue weighted by Gasteiger charge is -2.33. The standard InChI is InChI=1S/C18H27BN4O5/c20-6-7-21-13-4-8-23(9-5-13)11-16(24)22-15-10-12-2-1-3-14(18(25)26)17(12)28-19(15)27/h1-3,13,15,21,27H,4-11,20H2,(H,22,24)(H,25,26)/t15-/m0/s1. The van der Waals surface area contributed by atoms with E-state index < -0.39 is 19.0 Å². The number of fused-ring (bicyclic) bond motifs is 1. The Morgan fingerprint density at radius 3 is 2.75 bits per heavy atom. The van der Waals surface area contributed by atoms with E-state index in [0.717, 1.165) is 32.5 Å². The van der Waals surface area contributed by atoms with Crippen LogP contribution in [0.25, 0.3) is 0 Å². The summed E-state index contributed by atoms with van der Waals surface area (Å²) in [7, 11) is -1.29. The molecule has 1 fully saturated rings. The molecular formula is C18H27BN4O5. The fraction of sp³-hybridized carbons (Fsp3) is 0.556. The van der Waals surface area contributed by atoms with E-state index in [9.17, 15) is 19.7 Å². The average molecular weight is 390 g/mol. The van der Waals surface area contributed by atoms with Crippen molar-refractivity contribution >= 4 is 19.0 Å². The molecule has 6 N–H and O–H groups in total. The van der Waals surface area contributed by atoms with Gasteiger partial charge in [0.15, 0.2) is 0 Å². The first kappa shape index (κ1) is 20.6. The Labute approximate surface area is 164 Å². The molecule has 1 atom stereocenters. The lowest BCUT2D eigenvalue weighted by molar-refractivity contribution is -0.123. The number of amides is 1. The number of aromatic carboxylic acids is 1. The zero-order valence-electron chi connectivity index (χ0n) is 15.8. The van der Waals surface area contributed by atoms with Gasteiger partial charge in [0.1, 0.15) is 5.75 Å². The van der Waals surface area contributed by atoms with Gasteiger partial charge in [0, 0.05) is 32.2 Å². The topological polar surface area (TPSA) is 137 Å². The highest BCUT2D eigenvalue weighted by Gasteiger charge is 2.37. The number of carboxylic acid groups (broad SMARTS) is 1. The van der Waals surface area contributed by atoms with Crippen molar-refractivity contribution in [3.05, 3.63) is 29.3 Å². The summed E-state index contributed by atoms with van der Waals surface area (Å²) in [5.74, 6) is -1.75. The van der Waals surface area contributed by atoms with Crippen LogP contribution in [0.4, 0.5) is 0 Å². The van der Waals surface area contributed by atoms with Crippen LogP contribution in [0.5, 0.6) is 5.75 Å². The molecule has 0 saturated carbocycles. The molecule has 0 aromatic heterocycles. The van der Waals surface area contributed by atoms with Crippen LogP contribution in [0.2, 0.25) is 0 Å². The van der Waals surface area contributed by atoms with Gasteiger partial charge in [0.25, 0.3) is 0 Å². The van der Waals surface area contributed by atoms with Crippen molar-refractivity contribution in [1.29, 1.82) is 0 Å². The highest BCUT2D eigenvalue weighted by atomic mass is 16.5. The lowest BCUT2D eigenvalue weighted by atomic mass is 9.72. The number of piperidine rings is 1. The maximum Gasteiger partial charge on any atom is 0.547 e. The van der Waals surface area contributed by atoms with E-state index in [4.69, 9.17) is 10.4 Å². The molecule has 2 aliphatic heterocycles. The molecule has 28 heavy (non-hydrogen) atoms. The molecular weight excluding hydrogens is 363 g/mol. The summed E-state index contributed by atoms with van der Waals surface area (Å²) in [5, 5.41) is 25.7. The van der Waals surface area contributed by atoms with Gasteiger partial charge in [0.05, 0.1) is 18.0 Å². The maximum absolute atomic E-state index is 12.4. The van der Waals surface area contributed by atoms with E-state index in [1.54, 1.807) is 12.1 Å². The number of para-hydroxylation sites is 1. The average Bonchev–Trinajstić information content (AvgIpc) is 2.67. The molecule has 1 aromatic carbocycles. The summed E-state index contributed by atoms with van der Waals surface area (Å²) in [5.41, 5.74) is 6.17. The third kappa shape index (κ3) is 5.02. The van der Waals surface area contributed by atoms with Crippen molar-refractivity contribution in [2.45, 2.75) is 31.2 Å². The van der Waals surface area contributed by atoms with Crippen molar-refractivity contribution in [3.8, 4) is 5.75 Å². The molecule has 152 valence electrons. The van der Waals surface area contributed by atoms with Crippen molar-refractivity contribution < 1.29 is 24.4 Å². The molecule has 9 nitrogen and oxygen atoms in total. The van der Waals surface area contributed by atoms with Crippen LogP contribution in [0.3, 0.4) is 0 Å². The Balaban J connectivity index is 1.51. The van der Waals surface area contributed by atoms with E-state index in [1.165, 1.54) is 6.07 Å². The first-order valence-electron chi connectivity index (χ1n) is 9.63. The summed E-state index contributed by atoms with van der Waals surface area (Å²) in [6.45, 7) is 3.32. The quantitative estimate of drug-likeness (QED) is 0.368. The first-order valence-corrected chi connectivity index (χ1v) is 9.63. The Morgan fingerprint density at radius 2 is 2.07 bits per heavy atom. The number of carbonyl (C=O) groups is 2. The van der Waals surface area contributed by atoms with Gasteiger partial charge in [-0.05, 0) is 30.9 Å². The van der Waals surface area contributed by atoms with Crippen LogP contribution < -0.4 is 21.0 Å². The number of hydrogen-bond donors (Lipinski definition) is 5. The molecule has 1 aromatic rings. The number of benzene rings is 1. The minimum absolute atomic E-state index is 0.00689. The Morgan fingerprint density at radius 1 is 1.32 bits per heavy atom. The Bertz CT molecular complexity index is 711. The third-order valence-corrected chi connectivity index (χ3v) is 5.23. The first-order chi connectivity index (χ1) is 13.5. The van der Waals surface area contributed by atoms with Crippen LogP contribution >= 0.6 is 0 Å². The molecule has 2 heterocycles. The SMILES string of the molecule is NCCNC1CCN(CC(=O)N[C@H]2Cc3cccc(C(=O)O)c3OB2O)CC1. The van der Waals surface area contributed by atoms with Crippen LogP contribution in [0.1, 0.15) is 28.8 Å². The molecule has 2 aliphatic rings. The van der Waals surface area contributed by atoms with Gasteiger partial charge >= 0.3 is 13.1 Å². The van der Waals surface area contributed by atoms with Crippen LogP contribution in [-0.2, 0) is 11.2 Å². The molecule has 0 aliphatic carbocycles. The second-order valence-electron chi connectivity index (χ2n) is 7.28. The fourth-order valence-corrected chi connectivity index (χ4v) is 3.75. The molecule has 1 amide bonds. The predicted molar refractivity (Wildman–Crippen MR) is 104 cm³/mol. The lowest BCUT2D eigenvalue weighted by Crippen LogP contribution is -2.55. The van der Waals surface area contributed by atoms with E-state index >= 15 is 0 Å². The number of carbonyl (C=O) groups excluding carboxylic acids is 1. The van der Waals surface area contributed by atoms with Crippen LogP contribution in [0, 0.1) is 0 Å². The van der Waals surface area contributed by atoms with Crippen molar-refractivity contribution in [1.82, 2.24) is 15.5 Å². The number of nitrogens with two attached hydrogens (primary N) is 1. The van der Waals surface area contributed by atoms with Crippen molar-refractivity contribution in [3.63, 3.8) is 0 Å². The Kier molecular flexibility index (Phi) is 6.90. The summed E-state index contributed by atoms with van der Waals surface area (Å²) in [6.07, 6.45) is 2.25. The number of nitrogens with zero attached hydrogens (tertiary/aromatic N) is 1. The predicted octanol–water partition coefficient (Wildman–Crippen LogP) is -1.16. The highest BCUT2D eigenvalue weighted by Crippen LogP contribution is 2.30. The number of likely N-dealkylation sites (tertiary alicyclic amines) is 1. The third-order valence-electron chi connectivity index (χ3n) is 5.23. The van der Waals surface area contributed by atoms with Crippen LogP contribution in [-0.4, -0.2) is 78.7 Å². The fourth-order valence-electron chi connectivity index (χ4n) is 3.75. The second kappa shape index (κ2) is 9.38. The molecule has 3 rings (SSSR count). The van der Waals surface area contributed by atoms with Crippen molar-refractivity contribution in [2.24, 2.45) is 5.73 Å². The molecule has 1 saturated heterocycles. The van der Waals surface area contributed by atoms with Gasteiger partial charge in [-0.2, -0.15) is 0 Å². The highest BCUT2D eigenvalue weighted by molar-refractivity contribution is 6.47. The van der Waals surface area contributed by atoms with Gasteiger partial charge in [-0.25, -0.2) is 4.79 Å². The van der Waals surface area contributed by atoms with Crippen molar-refractivity contribution in [2.75, 3.05) is 32.7 Å². The minimum Gasteiger partial charge on any atom is -0.534 e. The van der Waals surface area contributed by atoms with E-state index in [-0.39, 0.29) is 23.8 Å². The largest absolute Gasteiger partial charge is 0.547 e. The van der Waals surface area contributed by atoms with Gasteiger partial charge in [-0.3, -0.25) is 9.69 Å². The molecule has 0 unspecified atom stereocenters. The maximum atomic E-state index is 12.4.